The Morgan fingerprint density at radius 3 is 2.50 bits per heavy atom. The van der Waals surface area contributed by atoms with Gasteiger partial charge < -0.3 is 9.80 Å². The summed E-state index contributed by atoms with van der Waals surface area (Å²) in [5, 5.41) is 0. The summed E-state index contributed by atoms with van der Waals surface area (Å²) in [4.78, 5) is 33.0. The van der Waals surface area contributed by atoms with Gasteiger partial charge in [0.15, 0.2) is 0 Å². The van der Waals surface area contributed by atoms with Crippen molar-refractivity contribution in [1.82, 2.24) is 14.1 Å². The third-order valence-corrected chi connectivity index (χ3v) is 4.27. The van der Waals surface area contributed by atoms with Crippen molar-refractivity contribution in [3.63, 3.8) is 0 Å². The van der Waals surface area contributed by atoms with Gasteiger partial charge in [-0.1, -0.05) is 12.1 Å². The second-order valence-corrected chi connectivity index (χ2v) is 5.74. The smallest absolute Gasteiger partial charge is 0.332 e. The van der Waals surface area contributed by atoms with E-state index in [0.29, 0.717) is 12.4 Å². The van der Waals surface area contributed by atoms with Crippen LogP contribution in [0.4, 0.5) is 11.6 Å². The Kier molecular flexibility index (Phi) is 4.50. The van der Waals surface area contributed by atoms with Gasteiger partial charge in [-0.05, 0) is 12.1 Å². The summed E-state index contributed by atoms with van der Waals surface area (Å²) in [5.74, 6) is 1.60. The highest BCUT2D eigenvalue weighted by Gasteiger charge is 2.21. The number of hydrogen-bond donors (Lipinski definition) is 0. The number of pyridine rings is 1. The molecule has 3 rings (SSSR count). The molecule has 7 nitrogen and oxygen atoms in total. The van der Waals surface area contributed by atoms with E-state index in [1.807, 2.05) is 18.2 Å². The van der Waals surface area contributed by atoms with E-state index < -0.39 is 0 Å². The Balaban J connectivity index is 1.85. The molecule has 0 amide bonds. The van der Waals surface area contributed by atoms with E-state index in [1.54, 1.807) is 16.8 Å². The molecule has 0 atom stereocenters. The Morgan fingerprint density at radius 2 is 1.88 bits per heavy atom. The Bertz CT molecular complexity index is 832. The maximum Gasteiger partial charge on any atom is 0.332 e. The van der Waals surface area contributed by atoms with Crippen LogP contribution in [0, 0.1) is 0 Å². The molecule has 1 saturated heterocycles. The lowest BCUT2D eigenvalue weighted by Crippen LogP contribution is -2.50. The van der Waals surface area contributed by atoms with E-state index in [9.17, 15) is 9.59 Å². The van der Waals surface area contributed by atoms with Crippen molar-refractivity contribution in [2.24, 2.45) is 7.05 Å². The molecule has 0 radical (unpaired) electrons. The molecule has 24 heavy (non-hydrogen) atoms. The number of piperazine rings is 1. The van der Waals surface area contributed by atoms with Crippen LogP contribution in [0.5, 0.6) is 0 Å². The lowest BCUT2D eigenvalue weighted by Gasteiger charge is -2.37. The van der Waals surface area contributed by atoms with Crippen molar-refractivity contribution in [3.05, 3.63) is 64.0 Å². The second-order valence-electron chi connectivity index (χ2n) is 5.74. The Labute approximate surface area is 140 Å². The summed E-state index contributed by atoms with van der Waals surface area (Å²) in [6, 6.07) is 7.38. The van der Waals surface area contributed by atoms with Crippen molar-refractivity contribution in [2.45, 2.75) is 6.54 Å². The average molecular weight is 327 g/mol. The third-order valence-electron chi connectivity index (χ3n) is 4.27. The summed E-state index contributed by atoms with van der Waals surface area (Å²) >= 11 is 0. The van der Waals surface area contributed by atoms with E-state index in [4.69, 9.17) is 0 Å². The normalized spacial score (nSPS) is 14.7. The van der Waals surface area contributed by atoms with Gasteiger partial charge in [0.25, 0.3) is 5.56 Å². The molecule has 3 heterocycles. The van der Waals surface area contributed by atoms with Crippen molar-refractivity contribution >= 4 is 11.6 Å². The summed E-state index contributed by atoms with van der Waals surface area (Å²) < 4.78 is 2.71. The molecule has 0 spiro atoms. The molecule has 0 N–H and O–H groups in total. The van der Waals surface area contributed by atoms with Crippen LogP contribution in [-0.4, -0.2) is 40.3 Å². The monoisotopic (exact) mass is 327 g/mol. The van der Waals surface area contributed by atoms with E-state index in [1.165, 1.54) is 13.1 Å². The molecule has 0 saturated carbocycles. The first-order valence-corrected chi connectivity index (χ1v) is 7.94. The van der Waals surface area contributed by atoms with Gasteiger partial charge in [-0.3, -0.25) is 13.9 Å². The summed E-state index contributed by atoms with van der Waals surface area (Å²) in [7, 11) is 1.49. The molecule has 1 fully saturated rings. The van der Waals surface area contributed by atoms with Crippen LogP contribution >= 0.6 is 0 Å². The summed E-state index contributed by atoms with van der Waals surface area (Å²) in [6.45, 7) is 7.10. The molecule has 2 aromatic heterocycles. The summed E-state index contributed by atoms with van der Waals surface area (Å²) in [5.41, 5.74) is -0.605. The molecule has 1 aliphatic rings. The standard InChI is InChI=1S/C17H21N5O2/c1-3-8-22-15(13-16(23)19(2)17(22)24)21-11-9-20(10-12-21)14-6-4-5-7-18-14/h3-7,13H,1,8-12H2,2H3. The highest BCUT2D eigenvalue weighted by molar-refractivity contribution is 5.44. The number of hydrogen-bond acceptors (Lipinski definition) is 5. The molecule has 7 heteroatoms. The number of rotatable bonds is 4. The molecule has 2 aromatic rings. The maximum atomic E-state index is 12.4. The van der Waals surface area contributed by atoms with Crippen molar-refractivity contribution < 1.29 is 0 Å². The van der Waals surface area contributed by atoms with Crippen molar-refractivity contribution in [2.75, 3.05) is 36.0 Å². The fraction of sp³-hybridized carbons (Fsp3) is 0.353. The minimum Gasteiger partial charge on any atom is -0.354 e. The van der Waals surface area contributed by atoms with E-state index in [2.05, 4.69) is 21.4 Å². The average Bonchev–Trinajstić information content (AvgIpc) is 2.63. The topological polar surface area (TPSA) is 63.4 Å². The third kappa shape index (κ3) is 2.97. The number of nitrogens with zero attached hydrogens (tertiary/aromatic N) is 5. The van der Waals surface area contributed by atoms with Gasteiger partial charge in [-0.25, -0.2) is 9.78 Å². The lowest BCUT2D eigenvalue weighted by atomic mass is 10.3. The highest BCUT2D eigenvalue weighted by atomic mass is 16.2. The summed E-state index contributed by atoms with van der Waals surface area (Å²) in [6.07, 6.45) is 3.45. The van der Waals surface area contributed by atoms with Crippen LogP contribution < -0.4 is 21.0 Å². The maximum absolute atomic E-state index is 12.4. The minimum atomic E-state index is -0.315. The zero-order valence-corrected chi connectivity index (χ0v) is 13.8. The van der Waals surface area contributed by atoms with E-state index >= 15 is 0 Å². The van der Waals surface area contributed by atoms with Crippen LogP contribution in [0.15, 0.2) is 52.7 Å². The molecule has 126 valence electrons. The van der Waals surface area contributed by atoms with Gasteiger partial charge in [-0.2, -0.15) is 0 Å². The molecule has 0 aliphatic carbocycles. The van der Waals surface area contributed by atoms with Crippen LogP contribution in [0.3, 0.4) is 0 Å². The Morgan fingerprint density at radius 1 is 1.17 bits per heavy atom. The molecular formula is C17H21N5O2. The predicted octanol–water partition coefficient (Wildman–Crippen LogP) is 0.455. The van der Waals surface area contributed by atoms with Gasteiger partial charge >= 0.3 is 5.69 Å². The quantitative estimate of drug-likeness (QED) is 0.763. The van der Waals surface area contributed by atoms with Crippen LogP contribution in [-0.2, 0) is 13.6 Å². The van der Waals surface area contributed by atoms with Crippen molar-refractivity contribution in [3.8, 4) is 0 Å². The zero-order chi connectivity index (χ0) is 17.1. The first-order chi connectivity index (χ1) is 11.6. The minimum absolute atomic E-state index is 0.289. The zero-order valence-electron chi connectivity index (χ0n) is 13.8. The molecule has 1 aliphatic heterocycles. The van der Waals surface area contributed by atoms with Crippen LogP contribution in [0.2, 0.25) is 0 Å². The van der Waals surface area contributed by atoms with Gasteiger partial charge in [0.2, 0.25) is 0 Å². The number of aromatic nitrogens is 3. The molecule has 0 bridgehead atoms. The first-order valence-electron chi connectivity index (χ1n) is 7.94. The van der Waals surface area contributed by atoms with Crippen LogP contribution in [0.25, 0.3) is 0 Å². The fourth-order valence-electron chi connectivity index (χ4n) is 2.93. The molecular weight excluding hydrogens is 306 g/mol. The predicted molar refractivity (Wildman–Crippen MR) is 94.8 cm³/mol. The van der Waals surface area contributed by atoms with Crippen molar-refractivity contribution in [1.29, 1.82) is 0 Å². The second kappa shape index (κ2) is 6.74. The van der Waals surface area contributed by atoms with E-state index in [0.717, 1.165) is 36.6 Å². The van der Waals surface area contributed by atoms with Crippen LogP contribution in [0.1, 0.15) is 0 Å². The van der Waals surface area contributed by atoms with Gasteiger partial charge in [0.1, 0.15) is 11.6 Å². The lowest BCUT2D eigenvalue weighted by molar-refractivity contribution is 0.594. The van der Waals surface area contributed by atoms with Gasteiger partial charge in [0, 0.05) is 52.0 Å². The molecule has 0 aromatic carbocycles. The van der Waals surface area contributed by atoms with E-state index in [-0.39, 0.29) is 11.2 Å². The fourth-order valence-corrected chi connectivity index (χ4v) is 2.93. The largest absolute Gasteiger partial charge is 0.354 e. The van der Waals surface area contributed by atoms with Gasteiger partial charge in [-0.15, -0.1) is 6.58 Å². The highest BCUT2D eigenvalue weighted by Crippen LogP contribution is 2.17. The Hall–Kier alpha value is -2.83. The number of allylic oxidation sites excluding steroid dienone is 1. The molecule has 0 unspecified atom stereocenters. The van der Waals surface area contributed by atoms with Gasteiger partial charge in [0.05, 0.1) is 0 Å². The number of anilines is 2. The SMILES string of the molecule is C=CCn1c(N2CCN(c3ccccn3)CC2)cc(=O)n(C)c1=O. The first kappa shape index (κ1) is 16.0.